The molecule has 15 nitrogen and oxygen atoms in total. The third-order valence-electron chi connectivity index (χ3n) is 5.86. The number of hydrogen-bond acceptors (Lipinski definition) is 13. The van der Waals surface area contributed by atoms with Crippen molar-refractivity contribution in [3.63, 3.8) is 0 Å². The van der Waals surface area contributed by atoms with Crippen LogP contribution in [0.15, 0.2) is 35.4 Å². The van der Waals surface area contributed by atoms with Crippen LogP contribution in [0.1, 0.15) is 38.0 Å². The summed E-state index contributed by atoms with van der Waals surface area (Å²) in [5.74, 6) is 0.120. The van der Waals surface area contributed by atoms with Gasteiger partial charge in [-0.2, -0.15) is 4.98 Å². The van der Waals surface area contributed by atoms with Gasteiger partial charge in [-0.25, -0.2) is 4.98 Å². The minimum absolute atomic E-state index is 0.0143. The standard InChI is InChI=1S/C21H27N5O10P2/c1-2-3-4-12-5-7-13(8-6-12)23-20-24-18-17(19(28)25-20)22-11-26(18)16-9-14(27)15(36-16)10-35-38(33,34)21(29)37(30,31)32/h5-8,11,14-16,27H,2-4,9-10H2,1H3,(H,33,34)(H2,30,31,32)(H2,23,24,25,28)/p-3. The minimum Gasteiger partial charge on any atom is -0.805 e. The highest BCUT2D eigenvalue weighted by molar-refractivity contribution is 7.95. The highest BCUT2D eigenvalue weighted by Crippen LogP contribution is 2.51. The first-order chi connectivity index (χ1) is 17.9. The number of imidazole rings is 1. The van der Waals surface area contributed by atoms with E-state index in [0.29, 0.717) is 5.69 Å². The van der Waals surface area contributed by atoms with Crippen molar-refractivity contribution in [2.45, 2.75) is 51.0 Å². The Morgan fingerprint density at radius 1 is 1.29 bits per heavy atom. The van der Waals surface area contributed by atoms with E-state index in [-0.39, 0.29) is 23.5 Å². The Balaban J connectivity index is 1.49. The maximum Gasteiger partial charge on any atom is 0.280 e. The monoisotopic (exact) mass is 568 g/mol. The number of nitrogens with one attached hydrogen (secondary N) is 2. The van der Waals surface area contributed by atoms with E-state index in [1.54, 1.807) is 0 Å². The first kappa shape index (κ1) is 28.3. The van der Waals surface area contributed by atoms with E-state index < -0.39 is 51.1 Å². The van der Waals surface area contributed by atoms with Gasteiger partial charge < -0.3 is 43.5 Å². The Bertz CT molecular complexity index is 1470. The molecular weight excluding hydrogens is 544 g/mol. The molecule has 206 valence electrons. The van der Waals surface area contributed by atoms with Crippen LogP contribution in [0.25, 0.3) is 11.2 Å². The van der Waals surface area contributed by atoms with E-state index >= 15 is 0 Å². The maximum absolute atomic E-state index is 12.6. The summed E-state index contributed by atoms with van der Waals surface area (Å²) in [6.45, 7) is 1.19. The van der Waals surface area contributed by atoms with Gasteiger partial charge >= 0.3 is 0 Å². The molecule has 4 atom stereocenters. The van der Waals surface area contributed by atoms with E-state index in [0.717, 1.165) is 19.3 Å². The maximum atomic E-state index is 12.6. The number of aromatic amines is 1. The number of fused-ring (bicyclic) bond motifs is 1. The second kappa shape index (κ2) is 11.2. The summed E-state index contributed by atoms with van der Waals surface area (Å²) in [7, 11) is -11.8. The van der Waals surface area contributed by atoms with Crippen LogP contribution in [0.3, 0.4) is 0 Å². The summed E-state index contributed by atoms with van der Waals surface area (Å²) in [5, 5.41) is 10.7. The number of aliphatic hydroxyl groups is 1. The van der Waals surface area contributed by atoms with Crippen molar-refractivity contribution in [3.8, 4) is 0 Å². The third-order valence-corrected chi connectivity index (χ3v) is 8.76. The first-order valence-corrected chi connectivity index (χ1v) is 14.7. The lowest BCUT2D eigenvalue weighted by Gasteiger charge is -2.34. The minimum atomic E-state index is -6.08. The fraction of sp³-hybridized carbons (Fsp3) is 0.429. The first-order valence-electron chi connectivity index (χ1n) is 11.6. The summed E-state index contributed by atoms with van der Waals surface area (Å²) < 4.78 is 33.7. The average Bonchev–Trinajstić information content (AvgIpc) is 3.44. The summed E-state index contributed by atoms with van der Waals surface area (Å²) in [4.78, 5) is 68.0. The number of hydrogen-bond donors (Lipinski definition) is 3. The normalized spacial score (nSPS) is 21.4. The van der Waals surface area contributed by atoms with E-state index in [2.05, 4.69) is 31.7 Å². The number of nitrogens with zero attached hydrogens (tertiary/aromatic N) is 3. The van der Waals surface area contributed by atoms with Crippen molar-refractivity contribution in [1.82, 2.24) is 19.5 Å². The van der Waals surface area contributed by atoms with Crippen molar-refractivity contribution in [1.29, 1.82) is 0 Å². The van der Waals surface area contributed by atoms with Crippen LogP contribution in [0.4, 0.5) is 16.4 Å². The second-order valence-electron chi connectivity index (χ2n) is 8.67. The van der Waals surface area contributed by atoms with Crippen LogP contribution in [0.5, 0.6) is 0 Å². The SMILES string of the molecule is CCCCc1ccc(Nc2nc3c(ncn3C3CC(O)C(COP(=O)([O-])C(=O)P(=O)([O-])[O-])O3)c(=O)[nH]2)cc1. The van der Waals surface area contributed by atoms with Gasteiger partial charge in [-0.05, 0) is 30.5 Å². The van der Waals surface area contributed by atoms with Gasteiger partial charge in [0.15, 0.2) is 11.2 Å². The summed E-state index contributed by atoms with van der Waals surface area (Å²) in [5.41, 5.74) is 1.41. The third kappa shape index (κ3) is 6.28. The van der Waals surface area contributed by atoms with Crippen molar-refractivity contribution in [3.05, 3.63) is 46.5 Å². The van der Waals surface area contributed by atoms with E-state index in [4.69, 9.17) is 4.74 Å². The van der Waals surface area contributed by atoms with Gasteiger partial charge in [-0.1, -0.05) is 25.5 Å². The molecular formula is C21H24N5O10P2-3. The zero-order chi connectivity index (χ0) is 27.7. The Morgan fingerprint density at radius 2 is 2.00 bits per heavy atom. The number of anilines is 2. The van der Waals surface area contributed by atoms with Crippen LogP contribution in [0, 0.1) is 0 Å². The molecule has 38 heavy (non-hydrogen) atoms. The quantitative estimate of drug-likeness (QED) is 0.267. The van der Waals surface area contributed by atoms with Crippen LogP contribution < -0.4 is 25.6 Å². The number of aryl methyl sites for hydroxylation is 1. The van der Waals surface area contributed by atoms with Gasteiger partial charge in [0.05, 0.1) is 19.0 Å². The summed E-state index contributed by atoms with van der Waals surface area (Å²) in [6.07, 6.45) is 0.693. The van der Waals surface area contributed by atoms with Crippen LogP contribution in [0.2, 0.25) is 0 Å². The van der Waals surface area contributed by atoms with Crippen molar-refractivity contribution in [2.24, 2.45) is 0 Å². The molecule has 1 saturated heterocycles. The molecule has 4 unspecified atom stereocenters. The lowest BCUT2D eigenvalue weighted by molar-refractivity contribution is -0.307. The lowest BCUT2D eigenvalue weighted by atomic mass is 10.1. The molecule has 0 saturated carbocycles. The van der Waals surface area contributed by atoms with Crippen molar-refractivity contribution in [2.75, 3.05) is 11.9 Å². The van der Waals surface area contributed by atoms with Crippen molar-refractivity contribution < 1.29 is 43.0 Å². The van der Waals surface area contributed by atoms with Crippen molar-refractivity contribution >= 4 is 43.3 Å². The van der Waals surface area contributed by atoms with Crippen LogP contribution >= 0.6 is 15.2 Å². The Hall–Kier alpha value is -2.74. The lowest BCUT2D eigenvalue weighted by Crippen LogP contribution is -2.30. The van der Waals surface area contributed by atoms with Crippen LogP contribution in [-0.4, -0.2) is 48.7 Å². The molecule has 0 aliphatic carbocycles. The number of aliphatic hydroxyl groups excluding tert-OH is 1. The number of ether oxygens (including phenoxy) is 1. The fourth-order valence-corrected chi connectivity index (χ4v) is 5.71. The van der Waals surface area contributed by atoms with E-state index in [9.17, 15) is 38.5 Å². The van der Waals surface area contributed by atoms with Gasteiger partial charge in [0.1, 0.15) is 12.3 Å². The molecule has 1 aromatic carbocycles. The van der Waals surface area contributed by atoms with Gasteiger partial charge in [0.2, 0.25) is 18.8 Å². The second-order valence-corrected chi connectivity index (χ2v) is 12.1. The summed E-state index contributed by atoms with van der Waals surface area (Å²) >= 11 is 0. The molecule has 0 bridgehead atoms. The number of benzene rings is 1. The number of H-pyrrole nitrogens is 1. The predicted octanol–water partition coefficient (Wildman–Crippen LogP) is 0.458. The zero-order valence-corrected chi connectivity index (χ0v) is 21.8. The van der Waals surface area contributed by atoms with Gasteiger partial charge in [-0.3, -0.25) is 19.1 Å². The van der Waals surface area contributed by atoms with Gasteiger partial charge in [0, 0.05) is 19.7 Å². The van der Waals surface area contributed by atoms with E-state index in [1.165, 1.54) is 16.5 Å². The molecule has 4 rings (SSSR count). The number of rotatable bonds is 11. The highest BCUT2D eigenvalue weighted by atomic mass is 31.2. The van der Waals surface area contributed by atoms with Gasteiger partial charge in [0.25, 0.3) is 5.56 Å². The van der Waals surface area contributed by atoms with E-state index in [1.807, 2.05) is 24.3 Å². The number of unbranched alkanes of at least 4 members (excludes halogenated alkanes) is 1. The highest BCUT2D eigenvalue weighted by Gasteiger charge is 2.37. The molecule has 0 radical (unpaired) electrons. The molecule has 1 aliphatic heterocycles. The smallest absolute Gasteiger partial charge is 0.280 e. The topological polar surface area (TPSA) is 235 Å². The van der Waals surface area contributed by atoms with Gasteiger partial charge in [-0.15, -0.1) is 0 Å². The van der Waals surface area contributed by atoms with Crippen LogP contribution in [-0.2, 0) is 24.8 Å². The molecule has 0 spiro atoms. The number of aromatic nitrogens is 4. The molecule has 2 aromatic heterocycles. The predicted molar refractivity (Wildman–Crippen MR) is 128 cm³/mol. The largest absolute Gasteiger partial charge is 0.805 e. The molecule has 3 N–H and O–H groups in total. The summed E-state index contributed by atoms with van der Waals surface area (Å²) in [6, 6.07) is 7.64. The molecule has 3 heterocycles. The molecule has 0 amide bonds. The molecule has 17 heteroatoms. The fourth-order valence-electron chi connectivity index (χ4n) is 3.88. The average molecular weight is 568 g/mol. The number of carbonyl (C=O) groups excluding carboxylic acids is 1. The zero-order valence-electron chi connectivity index (χ0n) is 20.0. The molecule has 1 aliphatic rings. The molecule has 3 aromatic rings. The Labute approximate surface area is 215 Å². The molecule has 1 fully saturated rings. The Morgan fingerprint density at radius 3 is 2.66 bits per heavy atom. The Kier molecular flexibility index (Phi) is 8.31. The number of carbonyl (C=O) groups is 1.